The van der Waals surface area contributed by atoms with Gasteiger partial charge in [0.1, 0.15) is 0 Å². The molecule has 0 aromatic carbocycles. The lowest BCUT2D eigenvalue weighted by Crippen LogP contribution is -3.04. The number of amides is 1. The SMILES string of the molecule is C[NH+](C)Cc1nnc(SCC(=O)NC(C)(C)C)o1. The van der Waals surface area contributed by atoms with E-state index in [1.54, 1.807) is 0 Å². The van der Waals surface area contributed by atoms with Crippen molar-refractivity contribution >= 4 is 17.7 Å². The topological polar surface area (TPSA) is 72.5 Å². The lowest BCUT2D eigenvalue weighted by atomic mass is 10.1. The first-order valence-corrected chi connectivity index (χ1v) is 6.80. The highest BCUT2D eigenvalue weighted by Crippen LogP contribution is 2.15. The van der Waals surface area contributed by atoms with Gasteiger partial charge in [-0.25, -0.2) is 0 Å². The highest BCUT2D eigenvalue weighted by Gasteiger charge is 2.15. The van der Waals surface area contributed by atoms with Gasteiger partial charge in [0.15, 0.2) is 6.54 Å². The number of hydrogen-bond acceptors (Lipinski definition) is 5. The summed E-state index contributed by atoms with van der Waals surface area (Å²) in [6.45, 7) is 6.52. The Morgan fingerprint density at radius 2 is 2.06 bits per heavy atom. The normalized spacial score (nSPS) is 11.9. The maximum atomic E-state index is 11.6. The molecule has 2 N–H and O–H groups in total. The minimum Gasteiger partial charge on any atom is -0.410 e. The summed E-state index contributed by atoms with van der Waals surface area (Å²) in [6, 6.07) is 0. The Morgan fingerprint density at radius 3 is 2.61 bits per heavy atom. The van der Waals surface area contributed by atoms with Gasteiger partial charge < -0.3 is 14.6 Å². The average molecular weight is 273 g/mol. The van der Waals surface area contributed by atoms with Gasteiger partial charge in [-0.2, -0.15) is 0 Å². The summed E-state index contributed by atoms with van der Waals surface area (Å²) in [5, 5.41) is 11.1. The van der Waals surface area contributed by atoms with Crippen LogP contribution in [0.4, 0.5) is 0 Å². The van der Waals surface area contributed by atoms with Crippen molar-refractivity contribution < 1.29 is 14.1 Å². The fourth-order valence-corrected chi connectivity index (χ4v) is 1.83. The van der Waals surface area contributed by atoms with E-state index < -0.39 is 0 Å². The number of thioether (sulfide) groups is 1. The molecule has 0 radical (unpaired) electrons. The molecule has 0 unspecified atom stereocenters. The van der Waals surface area contributed by atoms with Gasteiger partial charge in [0.2, 0.25) is 5.91 Å². The third-order valence-electron chi connectivity index (χ3n) is 1.79. The predicted molar refractivity (Wildman–Crippen MR) is 69.4 cm³/mol. The summed E-state index contributed by atoms with van der Waals surface area (Å²) in [5.74, 6) is 0.840. The molecular formula is C11H21N4O2S+. The van der Waals surface area contributed by atoms with E-state index in [4.69, 9.17) is 4.42 Å². The molecular weight excluding hydrogens is 252 g/mol. The maximum absolute atomic E-state index is 11.6. The molecule has 0 saturated carbocycles. The molecule has 1 aromatic rings. The van der Waals surface area contributed by atoms with Crippen LogP contribution in [0.1, 0.15) is 26.7 Å². The van der Waals surface area contributed by atoms with Gasteiger partial charge >= 0.3 is 0 Å². The molecule has 0 aliphatic heterocycles. The van der Waals surface area contributed by atoms with Gasteiger partial charge in [-0.15, -0.1) is 10.2 Å². The van der Waals surface area contributed by atoms with Gasteiger partial charge in [0.25, 0.3) is 11.1 Å². The van der Waals surface area contributed by atoms with Crippen molar-refractivity contribution in [3.05, 3.63) is 5.89 Å². The Hall–Kier alpha value is -1.08. The second-order valence-electron chi connectivity index (χ2n) is 5.43. The quantitative estimate of drug-likeness (QED) is 0.722. The highest BCUT2D eigenvalue weighted by molar-refractivity contribution is 7.99. The van der Waals surface area contributed by atoms with Crippen LogP contribution >= 0.6 is 11.8 Å². The van der Waals surface area contributed by atoms with E-state index in [0.717, 1.165) is 0 Å². The van der Waals surface area contributed by atoms with Crippen molar-refractivity contribution in [3.8, 4) is 0 Å². The van der Waals surface area contributed by atoms with Crippen LogP contribution in [0.2, 0.25) is 0 Å². The minimum atomic E-state index is -0.216. The number of carbonyl (C=O) groups excluding carboxylic acids is 1. The van der Waals surface area contributed by atoms with Crippen LogP contribution in [0.5, 0.6) is 0 Å². The molecule has 1 amide bonds. The van der Waals surface area contributed by atoms with Crippen LogP contribution < -0.4 is 10.2 Å². The Balaban J connectivity index is 2.39. The van der Waals surface area contributed by atoms with E-state index in [0.29, 0.717) is 17.7 Å². The third-order valence-corrected chi connectivity index (χ3v) is 2.61. The van der Waals surface area contributed by atoms with Crippen LogP contribution in [0, 0.1) is 0 Å². The molecule has 102 valence electrons. The first-order valence-electron chi connectivity index (χ1n) is 5.81. The second kappa shape index (κ2) is 6.19. The van der Waals surface area contributed by atoms with Crippen LogP contribution in [0.15, 0.2) is 9.64 Å². The van der Waals surface area contributed by atoms with Gasteiger partial charge in [-0.1, -0.05) is 11.8 Å². The van der Waals surface area contributed by atoms with Crippen molar-refractivity contribution in [3.63, 3.8) is 0 Å². The van der Waals surface area contributed by atoms with E-state index in [9.17, 15) is 4.79 Å². The van der Waals surface area contributed by atoms with Gasteiger partial charge in [-0.05, 0) is 20.8 Å². The monoisotopic (exact) mass is 273 g/mol. The molecule has 0 spiro atoms. The van der Waals surface area contributed by atoms with E-state index in [1.807, 2.05) is 34.9 Å². The number of rotatable bonds is 5. The first-order chi connectivity index (χ1) is 8.26. The lowest BCUT2D eigenvalue weighted by Gasteiger charge is -2.19. The molecule has 7 heteroatoms. The molecule has 1 aromatic heterocycles. The van der Waals surface area contributed by atoms with Crippen LogP contribution in [0.3, 0.4) is 0 Å². The summed E-state index contributed by atoms with van der Waals surface area (Å²) in [7, 11) is 4.02. The summed E-state index contributed by atoms with van der Waals surface area (Å²) < 4.78 is 5.41. The second-order valence-corrected chi connectivity index (χ2v) is 6.36. The minimum absolute atomic E-state index is 0.0366. The molecule has 0 bridgehead atoms. The fraction of sp³-hybridized carbons (Fsp3) is 0.727. The van der Waals surface area contributed by atoms with Crippen molar-refractivity contribution in [2.24, 2.45) is 0 Å². The average Bonchev–Trinajstić information content (AvgIpc) is 2.59. The van der Waals surface area contributed by atoms with E-state index in [2.05, 4.69) is 15.5 Å². The zero-order chi connectivity index (χ0) is 13.8. The molecule has 0 aliphatic rings. The lowest BCUT2D eigenvalue weighted by molar-refractivity contribution is -0.874. The third kappa shape index (κ3) is 6.02. The summed E-state index contributed by atoms with van der Waals surface area (Å²) in [4.78, 5) is 12.8. The number of nitrogens with one attached hydrogen (secondary N) is 2. The van der Waals surface area contributed by atoms with Crippen LogP contribution in [0.25, 0.3) is 0 Å². The largest absolute Gasteiger partial charge is 0.410 e. The molecule has 1 rings (SSSR count). The molecule has 0 fully saturated rings. The van der Waals surface area contributed by atoms with Crippen LogP contribution in [-0.2, 0) is 11.3 Å². The zero-order valence-electron chi connectivity index (χ0n) is 11.5. The highest BCUT2D eigenvalue weighted by atomic mass is 32.2. The standard InChI is InChI=1S/C11H20N4O2S/c1-11(2,3)12-8(16)7-18-10-14-13-9(17-10)6-15(4)5/h6-7H2,1-5H3,(H,12,16)/p+1. The Bertz CT molecular complexity index is 398. The number of carbonyl (C=O) groups is 1. The Kier molecular flexibility index (Phi) is 5.15. The molecule has 0 atom stereocenters. The summed E-state index contributed by atoms with van der Waals surface area (Å²) in [5.41, 5.74) is -0.216. The zero-order valence-corrected chi connectivity index (χ0v) is 12.3. The Labute approximate surface area is 112 Å². The molecule has 0 aliphatic carbocycles. The molecule has 0 saturated heterocycles. The van der Waals surface area contributed by atoms with E-state index in [-0.39, 0.29) is 17.2 Å². The fourth-order valence-electron chi connectivity index (χ4n) is 1.25. The van der Waals surface area contributed by atoms with E-state index >= 15 is 0 Å². The van der Waals surface area contributed by atoms with Crippen molar-refractivity contribution in [2.45, 2.75) is 38.1 Å². The van der Waals surface area contributed by atoms with Crippen molar-refractivity contribution in [2.75, 3.05) is 19.8 Å². The van der Waals surface area contributed by atoms with Crippen molar-refractivity contribution in [1.29, 1.82) is 0 Å². The predicted octanol–water partition coefficient (Wildman–Crippen LogP) is -0.279. The van der Waals surface area contributed by atoms with Gasteiger partial charge in [0.05, 0.1) is 19.8 Å². The summed E-state index contributed by atoms with van der Waals surface area (Å²) >= 11 is 1.26. The van der Waals surface area contributed by atoms with Crippen LogP contribution in [-0.4, -0.2) is 41.5 Å². The van der Waals surface area contributed by atoms with E-state index in [1.165, 1.54) is 16.7 Å². The molecule has 18 heavy (non-hydrogen) atoms. The number of quaternary nitrogens is 1. The molecule has 1 heterocycles. The number of nitrogens with zero attached hydrogens (tertiary/aromatic N) is 2. The van der Waals surface area contributed by atoms with Gasteiger partial charge in [0, 0.05) is 5.54 Å². The molecule has 6 nitrogen and oxygen atoms in total. The number of hydrogen-bond donors (Lipinski definition) is 2. The summed E-state index contributed by atoms with van der Waals surface area (Å²) in [6.07, 6.45) is 0. The maximum Gasteiger partial charge on any atom is 0.277 e. The Morgan fingerprint density at radius 1 is 1.39 bits per heavy atom. The smallest absolute Gasteiger partial charge is 0.277 e. The number of aromatic nitrogens is 2. The van der Waals surface area contributed by atoms with Crippen molar-refractivity contribution in [1.82, 2.24) is 15.5 Å². The first kappa shape index (κ1) is 15.0. The van der Waals surface area contributed by atoms with Gasteiger partial charge in [-0.3, -0.25) is 4.79 Å².